The van der Waals surface area contributed by atoms with Crippen molar-refractivity contribution in [1.29, 1.82) is 0 Å². The quantitative estimate of drug-likeness (QED) is 0.692. The van der Waals surface area contributed by atoms with Crippen molar-refractivity contribution in [2.45, 2.75) is 6.42 Å². The second-order valence-electron chi connectivity index (χ2n) is 4.15. The van der Waals surface area contributed by atoms with Crippen LogP contribution >= 0.6 is 0 Å². The van der Waals surface area contributed by atoms with Crippen molar-refractivity contribution in [3.63, 3.8) is 0 Å². The number of aromatic nitrogens is 2. The molecule has 1 aromatic heterocycles. The number of methoxy groups -OCH3 is 2. The van der Waals surface area contributed by atoms with Crippen LogP contribution in [0.25, 0.3) is 12.3 Å². The number of ether oxygens (including phenoxy) is 2. The fourth-order valence-electron chi connectivity index (χ4n) is 2.19. The van der Waals surface area contributed by atoms with Crippen molar-refractivity contribution >= 4 is 12.3 Å². The molecule has 0 radical (unpaired) electrons. The molecule has 0 saturated heterocycles. The number of nitrogens with zero attached hydrogens (tertiary/aromatic N) is 2. The van der Waals surface area contributed by atoms with Crippen LogP contribution in [0.1, 0.15) is 17.0 Å². The van der Waals surface area contributed by atoms with Gasteiger partial charge in [0.25, 0.3) is 0 Å². The highest BCUT2D eigenvalue weighted by Gasteiger charge is 2.14. The van der Waals surface area contributed by atoms with E-state index in [2.05, 4.69) is 11.1 Å². The lowest BCUT2D eigenvalue weighted by atomic mass is 10.0. The molecule has 0 bridgehead atoms. The summed E-state index contributed by atoms with van der Waals surface area (Å²) in [5.41, 5.74) is 2.33. The van der Waals surface area contributed by atoms with E-state index >= 15 is 0 Å². The summed E-state index contributed by atoms with van der Waals surface area (Å²) in [6, 6.07) is 4.01. The first-order chi connectivity index (χ1) is 8.81. The third-order valence-electron chi connectivity index (χ3n) is 3.16. The Morgan fingerprint density at radius 3 is 2.72 bits per heavy atom. The Bertz CT molecular complexity index is 614. The summed E-state index contributed by atoms with van der Waals surface area (Å²) < 4.78 is 12.7. The largest absolute Gasteiger partial charge is 0.493 e. The number of hydrogen-bond acceptors (Lipinski definition) is 3. The summed E-state index contributed by atoms with van der Waals surface area (Å²) in [6.07, 6.45) is 8.63. The Kier molecular flexibility index (Phi) is 2.55. The third kappa shape index (κ3) is 1.66. The minimum atomic E-state index is 0.750. The molecule has 4 heteroatoms. The Balaban J connectivity index is 2.13. The van der Waals surface area contributed by atoms with Crippen LogP contribution in [0.5, 0.6) is 11.5 Å². The summed E-state index contributed by atoms with van der Waals surface area (Å²) in [5, 5.41) is 0. The topological polar surface area (TPSA) is 36.3 Å². The van der Waals surface area contributed by atoms with Gasteiger partial charge in [0.2, 0.25) is 0 Å². The summed E-state index contributed by atoms with van der Waals surface area (Å²) in [5.74, 6) is 2.53. The van der Waals surface area contributed by atoms with E-state index in [1.165, 1.54) is 5.56 Å². The molecule has 1 aromatic carbocycles. The second-order valence-corrected chi connectivity index (χ2v) is 4.15. The lowest BCUT2D eigenvalue weighted by Crippen LogP contribution is -1.98. The normalized spacial score (nSPS) is 12.6. The van der Waals surface area contributed by atoms with Gasteiger partial charge in [-0.15, -0.1) is 0 Å². The van der Waals surface area contributed by atoms with Gasteiger partial charge in [-0.1, -0.05) is 0 Å². The summed E-state index contributed by atoms with van der Waals surface area (Å²) in [4.78, 5) is 4.35. The molecule has 0 unspecified atom stereocenters. The molecule has 1 aliphatic rings. The van der Waals surface area contributed by atoms with Crippen LogP contribution in [-0.2, 0) is 6.42 Å². The van der Waals surface area contributed by atoms with Crippen LogP contribution in [0, 0.1) is 0 Å². The highest BCUT2D eigenvalue weighted by molar-refractivity contribution is 5.68. The molecule has 4 nitrogen and oxygen atoms in total. The van der Waals surface area contributed by atoms with Crippen molar-refractivity contribution in [3.05, 3.63) is 41.5 Å². The first-order valence-corrected chi connectivity index (χ1v) is 5.76. The third-order valence-corrected chi connectivity index (χ3v) is 3.16. The van der Waals surface area contributed by atoms with Crippen LogP contribution in [-0.4, -0.2) is 23.8 Å². The lowest BCUT2D eigenvalue weighted by molar-refractivity contribution is 0.354. The zero-order chi connectivity index (χ0) is 12.5. The molecule has 1 aliphatic heterocycles. The average molecular weight is 242 g/mol. The Labute approximate surface area is 105 Å². The predicted octanol–water partition coefficient (Wildman–Crippen LogP) is 2.43. The zero-order valence-electron chi connectivity index (χ0n) is 10.4. The molecular formula is C14H14N2O2. The average Bonchev–Trinajstić information content (AvgIpc) is 2.77. The van der Waals surface area contributed by atoms with Crippen LogP contribution < -0.4 is 9.47 Å². The SMILES string of the molecule is COc1cc2c(cc1OC)Cc1nccn1C=C2. The van der Waals surface area contributed by atoms with Crippen molar-refractivity contribution in [1.82, 2.24) is 9.55 Å². The van der Waals surface area contributed by atoms with E-state index in [9.17, 15) is 0 Å². The minimum absolute atomic E-state index is 0.750. The Hall–Kier alpha value is -2.23. The number of fused-ring (bicyclic) bond motifs is 2. The van der Waals surface area contributed by atoms with Crippen molar-refractivity contribution in [2.75, 3.05) is 14.2 Å². The Morgan fingerprint density at radius 2 is 1.94 bits per heavy atom. The van der Waals surface area contributed by atoms with Gasteiger partial charge in [0.15, 0.2) is 11.5 Å². The van der Waals surface area contributed by atoms with E-state index in [-0.39, 0.29) is 0 Å². The lowest BCUT2D eigenvalue weighted by Gasteiger charge is -2.11. The molecule has 0 fully saturated rings. The maximum absolute atomic E-state index is 5.34. The molecule has 2 aromatic rings. The maximum Gasteiger partial charge on any atom is 0.161 e. The molecule has 18 heavy (non-hydrogen) atoms. The fraction of sp³-hybridized carbons (Fsp3) is 0.214. The Morgan fingerprint density at radius 1 is 1.17 bits per heavy atom. The highest BCUT2D eigenvalue weighted by Crippen LogP contribution is 2.33. The monoisotopic (exact) mass is 242 g/mol. The number of imidazole rings is 1. The first-order valence-electron chi connectivity index (χ1n) is 5.76. The van der Waals surface area contributed by atoms with Crippen LogP contribution in [0.4, 0.5) is 0 Å². The molecule has 0 spiro atoms. The van der Waals surface area contributed by atoms with E-state index in [1.54, 1.807) is 14.2 Å². The van der Waals surface area contributed by atoms with E-state index in [0.717, 1.165) is 29.3 Å². The van der Waals surface area contributed by atoms with Crippen LogP contribution in [0.3, 0.4) is 0 Å². The van der Waals surface area contributed by atoms with Gasteiger partial charge in [-0.05, 0) is 29.3 Å². The number of hydrogen-bond donors (Lipinski definition) is 0. The molecule has 2 heterocycles. The second kappa shape index (κ2) is 4.22. The van der Waals surface area contributed by atoms with Gasteiger partial charge in [0, 0.05) is 25.0 Å². The summed E-state index contributed by atoms with van der Waals surface area (Å²) in [6.45, 7) is 0. The van der Waals surface area contributed by atoms with E-state index in [1.807, 2.05) is 35.3 Å². The van der Waals surface area contributed by atoms with Gasteiger partial charge in [-0.2, -0.15) is 0 Å². The standard InChI is InChI=1S/C14H14N2O2/c1-17-12-7-10-3-5-16-6-4-15-14(16)9-11(10)8-13(12)18-2/h3-8H,9H2,1-2H3. The van der Waals surface area contributed by atoms with Gasteiger partial charge >= 0.3 is 0 Å². The zero-order valence-corrected chi connectivity index (χ0v) is 10.4. The molecular weight excluding hydrogens is 228 g/mol. The molecule has 3 rings (SSSR count). The maximum atomic E-state index is 5.34. The van der Waals surface area contributed by atoms with Crippen LogP contribution in [0.15, 0.2) is 24.5 Å². The van der Waals surface area contributed by atoms with Gasteiger partial charge < -0.3 is 14.0 Å². The van der Waals surface area contributed by atoms with E-state index in [0.29, 0.717) is 0 Å². The van der Waals surface area contributed by atoms with E-state index < -0.39 is 0 Å². The van der Waals surface area contributed by atoms with Gasteiger partial charge in [-0.25, -0.2) is 4.98 Å². The molecule has 0 saturated carbocycles. The molecule has 0 N–H and O–H groups in total. The predicted molar refractivity (Wildman–Crippen MR) is 69.8 cm³/mol. The van der Waals surface area contributed by atoms with Gasteiger partial charge in [0.05, 0.1) is 14.2 Å². The summed E-state index contributed by atoms with van der Waals surface area (Å²) in [7, 11) is 3.30. The van der Waals surface area contributed by atoms with Crippen molar-refractivity contribution in [3.8, 4) is 11.5 Å². The van der Waals surface area contributed by atoms with Crippen molar-refractivity contribution in [2.24, 2.45) is 0 Å². The van der Waals surface area contributed by atoms with Gasteiger partial charge in [0.1, 0.15) is 5.82 Å². The first kappa shape index (κ1) is 10.9. The molecule has 0 aliphatic carbocycles. The summed E-state index contributed by atoms with van der Waals surface area (Å²) >= 11 is 0. The molecule has 92 valence electrons. The van der Waals surface area contributed by atoms with E-state index in [4.69, 9.17) is 9.47 Å². The molecule has 0 amide bonds. The molecule has 0 atom stereocenters. The minimum Gasteiger partial charge on any atom is -0.493 e. The van der Waals surface area contributed by atoms with Crippen LogP contribution in [0.2, 0.25) is 0 Å². The number of rotatable bonds is 2. The van der Waals surface area contributed by atoms with Crippen molar-refractivity contribution < 1.29 is 9.47 Å². The smallest absolute Gasteiger partial charge is 0.161 e. The highest BCUT2D eigenvalue weighted by atomic mass is 16.5. The number of benzene rings is 1. The fourth-order valence-corrected chi connectivity index (χ4v) is 2.19. The van der Waals surface area contributed by atoms with Gasteiger partial charge in [-0.3, -0.25) is 0 Å².